The van der Waals surface area contributed by atoms with Crippen molar-refractivity contribution in [3.8, 4) is 17.3 Å². The summed E-state index contributed by atoms with van der Waals surface area (Å²) in [6.45, 7) is 13.0. The molecule has 3 aromatic rings. The SMILES string of the molecule is CCC[C@H](NC(=O)C1C[C@@H](Oc2cc(-n3cccn3)nc3cc(OC)ccc23)CN1C(=O)C(NC(=O)NC(C)(C)C)C(C)(C)C)C(O)C(=O)NC1CC1. The third-order valence-electron chi connectivity index (χ3n) is 9.22. The maximum absolute atomic E-state index is 14.6. The Morgan fingerprint density at radius 3 is 2.40 bits per heavy atom. The van der Waals surface area contributed by atoms with Crippen molar-refractivity contribution in [3.05, 3.63) is 42.7 Å². The van der Waals surface area contributed by atoms with E-state index in [-0.39, 0.29) is 19.0 Å². The van der Waals surface area contributed by atoms with Crippen molar-refractivity contribution in [2.75, 3.05) is 13.7 Å². The van der Waals surface area contributed by atoms with Gasteiger partial charge in [0.2, 0.25) is 11.8 Å². The summed E-state index contributed by atoms with van der Waals surface area (Å²) in [5.41, 5.74) is -0.708. The number of pyridine rings is 1. The van der Waals surface area contributed by atoms with E-state index in [1.165, 1.54) is 4.90 Å². The van der Waals surface area contributed by atoms with Gasteiger partial charge in [0.15, 0.2) is 11.9 Å². The van der Waals surface area contributed by atoms with Crippen LogP contribution in [-0.2, 0) is 14.4 Å². The highest BCUT2D eigenvalue weighted by Crippen LogP contribution is 2.34. The average molecular weight is 735 g/mol. The molecule has 5 amide bonds. The van der Waals surface area contributed by atoms with Crippen molar-refractivity contribution >= 4 is 34.7 Å². The number of hydrogen-bond acceptors (Lipinski definition) is 9. The number of benzene rings is 1. The Morgan fingerprint density at radius 1 is 1.06 bits per heavy atom. The zero-order chi connectivity index (χ0) is 38.7. The third kappa shape index (κ3) is 9.95. The van der Waals surface area contributed by atoms with E-state index in [2.05, 4.69) is 26.4 Å². The number of methoxy groups -OCH3 is 1. The molecule has 3 heterocycles. The molecule has 15 nitrogen and oxygen atoms in total. The Labute approximate surface area is 310 Å². The first-order valence-electron chi connectivity index (χ1n) is 18.3. The minimum absolute atomic E-state index is 0.0201. The molecule has 3 unspecified atom stereocenters. The normalized spacial score (nSPS) is 19.2. The van der Waals surface area contributed by atoms with Gasteiger partial charge in [-0.3, -0.25) is 14.4 Å². The van der Waals surface area contributed by atoms with E-state index in [1.807, 2.05) is 54.5 Å². The maximum atomic E-state index is 14.6. The van der Waals surface area contributed by atoms with Crippen LogP contribution in [0.2, 0.25) is 0 Å². The van der Waals surface area contributed by atoms with Crippen LogP contribution in [0.3, 0.4) is 0 Å². The molecule has 0 bridgehead atoms. The maximum Gasteiger partial charge on any atom is 0.315 e. The quantitative estimate of drug-likeness (QED) is 0.176. The Morgan fingerprint density at radius 2 is 1.79 bits per heavy atom. The van der Waals surface area contributed by atoms with Crippen molar-refractivity contribution in [1.82, 2.24) is 40.9 Å². The van der Waals surface area contributed by atoms with Gasteiger partial charge in [0.25, 0.3) is 5.91 Å². The lowest BCUT2D eigenvalue weighted by molar-refractivity contribution is -0.143. The number of ether oxygens (including phenoxy) is 2. The smallest absolute Gasteiger partial charge is 0.315 e. The lowest BCUT2D eigenvalue weighted by Crippen LogP contribution is -2.61. The number of amides is 5. The van der Waals surface area contributed by atoms with E-state index in [0.717, 1.165) is 12.8 Å². The topological polar surface area (TPSA) is 189 Å². The van der Waals surface area contributed by atoms with Crippen LogP contribution in [0.5, 0.6) is 11.5 Å². The number of aromatic nitrogens is 3. The van der Waals surface area contributed by atoms with Gasteiger partial charge in [0.1, 0.15) is 29.7 Å². The van der Waals surface area contributed by atoms with Crippen LogP contribution in [0.15, 0.2) is 42.7 Å². The zero-order valence-corrected chi connectivity index (χ0v) is 31.9. The standard InChI is InChI=1S/C38H54N8O7/c1-9-11-26(31(47)34(49)40-22-12-13-22)42-33(48)28-19-24(21-45(28)35(50)32(37(2,3)4)43-36(51)44-38(5,6)7)53-29-20-30(46-17-10-16-39-46)41-27-18-23(52-8)14-15-25(27)29/h10,14-18,20,22,24,26,28,31-32,47H,9,11-13,19,21H2,1-8H3,(H,40,49)(H,42,48)(H2,43,44,51)/t24-,26+,28?,31?,32?/m1/s1. The predicted molar refractivity (Wildman–Crippen MR) is 199 cm³/mol. The highest BCUT2D eigenvalue weighted by atomic mass is 16.5. The van der Waals surface area contributed by atoms with Gasteiger partial charge in [0.05, 0.1) is 25.2 Å². The number of aliphatic hydroxyl groups excluding tert-OH is 1. The molecule has 288 valence electrons. The summed E-state index contributed by atoms with van der Waals surface area (Å²) in [4.78, 5) is 61.0. The summed E-state index contributed by atoms with van der Waals surface area (Å²) in [6, 6.07) is 5.54. The van der Waals surface area contributed by atoms with E-state index in [9.17, 15) is 24.3 Å². The van der Waals surface area contributed by atoms with E-state index in [1.54, 1.807) is 48.5 Å². The van der Waals surface area contributed by atoms with Crippen LogP contribution in [0.4, 0.5) is 4.79 Å². The molecule has 5 N–H and O–H groups in total. The Bertz CT molecular complexity index is 1780. The van der Waals surface area contributed by atoms with Crippen LogP contribution in [-0.4, -0.2) is 104 Å². The van der Waals surface area contributed by atoms with Crippen molar-refractivity contribution in [3.63, 3.8) is 0 Å². The molecule has 2 fully saturated rings. The van der Waals surface area contributed by atoms with Gasteiger partial charge >= 0.3 is 6.03 Å². The van der Waals surface area contributed by atoms with Gasteiger partial charge in [-0.15, -0.1) is 0 Å². The molecule has 0 radical (unpaired) electrons. The molecule has 1 saturated carbocycles. The van der Waals surface area contributed by atoms with Gasteiger partial charge in [-0.2, -0.15) is 5.10 Å². The number of likely N-dealkylation sites (tertiary alicyclic amines) is 1. The Hall–Kier alpha value is -4.92. The summed E-state index contributed by atoms with van der Waals surface area (Å²) < 4.78 is 13.7. The first-order valence-corrected chi connectivity index (χ1v) is 18.3. The molecule has 15 heteroatoms. The van der Waals surface area contributed by atoms with Crippen LogP contribution in [0.25, 0.3) is 16.7 Å². The number of nitrogens with zero attached hydrogens (tertiary/aromatic N) is 4. The van der Waals surface area contributed by atoms with Gasteiger partial charge in [0, 0.05) is 47.9 Å². The molecule has 1 aromatic carbocycles. The zero-order valence-electron chi connectivity index (χ0n) is 31.9. The molecule has 1 aliphatic carbocycles. The van der Waals surface area contributed by atoms with Gasteiger partial charge in [-0.25, -0.2) is 14.5 Å². The first kappa shape index (κ1) is 39.3. The van der Waals surface area contributed by atoms with Gasteiger partial charge in [-0.05, 0) is 63.6 Å². The molecule has 2 aromatic heterocycles. The summed E-state index contributed by atoms with van der Waals surface area (Å²) in [5.74, 6) is 0.0287. The molecule has 53 heavy (non-hydrogen) atoms. The first-order chi connectivity index (χ1) is 25.0. The van der Waals surface area contributed by atoms with Crippen molar-refractivity contribution < 1.29 is 33.8 Å². The summed E-state index contributed by atoms with van der Waals surface area (Å²) in [5, 5.41) is 27.4. The second-order valence-corrected chi connectivity index (χ2v) is 16.1. The molecule has 2 aliphatic rings. The third-order valence-corrected chi connectivity index (χ3v) is 9.22. The van der Waals surface area contributed by atoms with Gasteiger partial charge in [-0.1, -0.05) is 34.1 Å². The molecule has 0 spiro atoms. The van der Waals surface area contributed by atoms with Crippen molar-refractivity contribution in [1.29, 1.82) is 0 Å². The minimum Gasteiger partial charge on any atom is -0.497 e. The molecule has 5 atom stereocenters. The second kappa shape index (κ2) is 16.0. The fourth-order valence-electron chi connectivity index (χ4n) is 6.38. The Kier molecular flexibility index (Phi) is 11.9. The van der Waals surface area contributed by atoms with E-state index < -0.39 is 65.0 Å². The number of hydrogen-bond donors (Lipinski definition) is 5. The highest BCUT2D eigenvalue weighted by molar-refractivity contribution is 5.94. The number of aliphatic hydroxyl groups is 1. The number of nitrogens with one attached hydrogen (secondary N) is 4. The second-order valence-electron chi connectivity index (χ2n) is 16.1. The van der Waals surface area contributed by atoms with Crippen LogP contribution in [0, 0.1) is 5.41 Å². The van der Waals surface area contributed by atoms with Crippen molar-refractivity contribution in [2.24, 2.45) is 5.41 Å². The average Bonchev–Trinajstić information content (AvgIpc) is 3.53. The van der Waals surface area contributed by atoms with E-state index in [4.69, 9.17) is 14.5 Å². The molecule has 1 saturated heterocycles. The van der Waals surface area contributed by atoms with Crippen LogP contribution < -0.4 is 30.7 Å². The van der Waals surface area contributed by atoms with Crippen LogP contribution >= 0.6 is 0 Å². The largest absolute Gasteiger partial charge is 0.497 e. The molecular weight excluding hydrogens is 680 g/mol. The fraction of sp³-hybridized carbons (Fsp3) is 0.579. The van der Waals surface area contributed by atoms with E-state index >= 15 is 0 Å². The monoisotopic (exact) mass is 734 g/mol. The number of fused-ring (bicyclic) bond motifs is 1. The number of carbonyl (C=O) groups is 4. The van der Waals surface area contributed by atoms with Gasteiger partial charge < -0.3 is 40.7 Å². The lowest BCUT2D eigenvalue weighted by atomic mass is 9.85. The van der Waals surface area contributed by atoms with Crippen LogP contribution in [0.1, 0.15) is 80.6 Å². The number of carbonyl (C=O) groups excluding carboxylic acids is 4. The molecular formula is C38H54N8O7. The summed E-state index contributed by atoms with van der Waals surface area (Å²) in [7, 11) is 1.57. The van der Waals surface area contributed by atoms with E-state index in [0.29, 0.717) is 41.1 Å². The lowest BCUT2D eigenvalue weighted by Gasteiger charge is -2.36. The fourth-order valence-corrected chi connectivity index (χ4v) is 6.38. The Balaban J connectivity index is 1.48. The predicted octanol–water partition coefficient (Wildman–Crippen LogP) is 3.21. The molecule has 5 rings (SSSR count). The minimum atomic E-state index is -1.47. The number of rotatable bonds is 13. The summed E-state index contributed by atoms with van der Waals surface area (Å²) >= 11 is 0. The van der Waals surface area contributed by atoms with Crippen molar-refractivity contribution in [2.45, 2.75) is 122 Å². The molecule has 1 aliphatic heterocycles. The number of urea groups is 1. The summed E-state index contributed by atoms with van der Waals surface area (Å²) in [6.07, 6.45) is 4.00. The highest BCUT2D eigenvalue weighted by Gasteiger charge is 2.47.